The van der Waals surface area contributed by atoms with E-state index in [2.05, 4.69) is 15.0 Å². The zero-order chi connectivity index (χ0) is 15.5. The SMILES string of the molecule is COC(=O)Cc1ccc2nc(Nc3ccc(Cl)cc3)oc2c1. The zero-order valence-corrected chi connectivity index (χ0v) is 12.6. The van der Waals surface area contributed by atoms with Gasteiger partial charge in [0.05, 0.1) is 13.5 Å². The topological polar surface area (TPSA) is 64.4 Å². The Morgan fingerprint density at radius 3 is 2.77 bits per heavy atom. The van der Waals surface area contributed by atoms with Crippen LogP contribution in [0.3, 0.4) is 0 Å². The van der Waals surface area contributed by atoms with Gasteiger partial charge in [-0.3, -0.25) is 4.79 Å². The van der Waals surface area contributed by atoms with E-state index in [9.17, 15) is 4.79 Å². The predicted octanol–water partition coefficient (Wildman–Crippen LogP) is 3.94. The highest BCUT2D eigenvalue weighted by atomic mass is 35.5. The Hall–Kier alpha value is -2.53. The minimum atomic E-state index is -0.293. The third kappa shape index (κ3) is 3.20. The number of aromatic nitrogens is 1. The van der Waals surface area contributed by atoms with Crippen LogP contribution in [0.25, 0.3) is 11.1 Å². The number of oxazole rings is 1. The summed E-state index contributed by atoms with van der Waals surface area (Å²) in [6.07, 6.45) is 0.201. The molecule has 0 unspecified atom stereocenters. The number of methoxy groups -OCH3 is 1. The van der Waals surface area contributed by atoms with Crippen molar-refractivity contribution in [3.05, 3.63) is 53.1 Å². The number of esters is 1. The molecule has 0 fully saturated rings. The molecule has 0 saturated heterocycles. The van der Waals surface area contributed by atoms with Gasteiger partial charge in [-0.2, -0.15) is 4.98 Å². The normalized spacial score (nSPS) is 10.6. The number of nitrogens with zero attached hydrogens (tertiary/aromatic N) is 1. The lowest BCUT2D eigenvalue weighted by atomic mass is 10.1. The summed E-state index contributed by atoms with van der Waals surface area (Å²) in [5.41, 5.74) is 2.96. The van der Waals surface area contributed by atoms with E-state index in [1.807, 2.05) is 24.3 Å². The molecule has 5 nitrogen and oxygen atoms in total. The monoisotopic (exact) mass is 316 g/mol. The van der Waals surface area contributed by atoms with Crippen LogP contribution in [0.15, 0.2) is 46.9 Å². The number of halogens is 1. The molecule has 0 aliphatic heterocycles. The Bertz CT molecular complexity index is 812. The average Bonchev–Trinajstić information content (AvgIpc) is 2.91. The van der Waals surface area contributed by atoms with E-state index in [0.717, 1.165) is 11.3 Å². The molecule has 2 aromatic carbocycles. The van der Waals surface area contributed by atoms with E-state index in [0.29, 0.717) is 22.1 Å². The molecule has 0 atom stereocenters. The second-order valence-corrected chi connectivity index (χ2v) is 5.14. The van der Waals surface area contributed by atoms with Gasteiger partial charge in [0.15, 0.2) is 5.58 Å². The van der Waals surface area contributed by atoms with Crippen molar-refractivity contribution in [3.8, 4) is 0 Å². The van der Waals surface area contributed by atoms with E-state index in [4.69, 9.17) is 16.0 Å². The summed E-state index contributed by atoms with van der Waals surface area (Å²) >= 11 is 5.85. The second kappa shape index (κ2) is 6.07. The van der Waals surface area contributed by atoms with Crippen LogP contribution < -0.4 is 5.32 Å². The van der Waals surface area contributed by atoms with Crippen molar-refractivity contribution in [1.29, 1.82) is 0 Å². The van der Waals surface area contributed by atoms with Crippen LogP contribution in [0, 0.1) is 0 Å². The lowest BCUT2D eigenvalue weighted by Crippen LogP contribution is -2.03. The number of hydrogen-bond acceptors (Lipinski definition) is 5. The summed E-state index contributed by atoms with van der Waals surface area (Å²) in [6, 6.07) is 13.0. The van der Waals surface area contributed by atoms with Gasteiger partial charge >= 0.3 is 5.97 Å². The van der Waals surface area contributed by atoms with Crippen molar-refractivity contribution in [3.63, 3.8) is 0 Å². The maximum absolute atomic E-state index is 11.3. The molecule has 112 valence electrons. The Morgan fingerprint density at radius 2 is 2.05 bits per heavy atom. The number of rotatable bonds is 4. The maximum Gasteiger partial charge on any atom is 0.309 e. The molecule has 0 aliphatic carbocycles. The summed E-state index contributed by atoms with van der Waals surface area (Å²) in [5, 5.41) is 3.73. The van der Waals surface area contributed by atoms with Gasteiger partial charge in [0.1, 0.15) is 5.52 Å². The first-order valence-electron chi connectivity index (χ1n) is 6.63. The number of nitrogens with one attached hydrogen (secondary N) is 1. The van der Waals surface area contributed by atoms with Crippen molar-refractivity contribution in [2.24, 2.45) is 0 Å². The van der Waals surface area contributed by atoms with Gasteiger partial charge in [0, 0.05) is 10.7 Å². The van der Waals surface area contributed by atoms with Gasteiger partial charge in [-0.25, -0.2) is 0 Å². The molecule has 22 heavy (non-hydrogen) atoms. The number of benzene rings is 2. The molecule has 0 bridgehead atoms. The summed E-state index contributed by atoms with van der Waals surface area (Å²) in [4.78, 5) is 15.6. The predicted molar refractivity (Wildman–Crippen MR) is 84.5 cm³/mol. The number of carbonyl (C=O) groups is 1. The number of fused-ring (bicyclic) bond motifs is 1. The fraction of sp³-hybridized carbons (Fsp3) is 0.125. The van der Waals surface area contributed by atoms with E-state index < -0.39 is 0 Å². The second-order valence-electron chi connectivity index (χ2n) is 4.71. The first-order valence-corrected chi connectivity index (χ1v) is 7.01. The van der Waals surface area contributed by atoms with Crippen molar-refractivity contribution in [2.45, 2.75) is 6.42 Å². The standard InChI is InChI=1S/C16H13ClN2O3/c1-21-15(20)9-10-2-7-13-14(8-10)22-16(19-13)18-12-5-3-11(17)4-6-12/h2-8H,9H2,1H3,(H,18,19). The van der Waals surface area contributed by atoms with E-state index in [1.165, 1.54) is 7.11 Å². The molecule has 1 aromatic heterocycles. The number of ether oxygens (including phenoxy) is 1. The Labute approximate surface area is 131 Å². The Morgan fingerprint density at radius 1 is 1.27 bits per heavy atom. The summed E-state index contributed by atoms with van der Waals surface area (Å²) in [7, 11) is 1.36. The quantitative estimate of drug-likeness (QED) is 0.739. The first-order chi connectivity index (χ1) is 10.6. The van der Waals surface area contributed by atoms with Crippen LogP contribution in [0.2, 0.25) is 5.02 Å². The number of anilines is 2. The minimum absolute atomic E-state index is 0.201. The van der Waals surface area contributed by atoms with E-state index in [1.54, 1.807) is 18.2 Å². The smallest absolute Gasteiger partial charge is 0.309 e. The Kier molecular flexibility index (Phi) is 3.98. The highest BCUT2D eigenvalue weighted by Crippen LogP contribution is 2.24. The fourth-order valence-electron chi connectivity index (χ4n) is 2.03. The fourth-order valence-corrected chi connectivity index (χ4v) is 2.15. The summed E-state index contributed by atoms with van der Waals surface area (Å²) < 4.78 is 10.3. The Balaban J connectivity index is 1.83. The molecule has 6 heteroatoms. The van der Waals surface area contributed by atoms with Crippen LogP contribution in [0.5, 0.6) is 0 Å². The molecule has 3 rings (SSSR count). The van der Waals surface area contributed by atoms with E-state index in [-0.39, 0.29) is 12.4 Å². The number of carbonyl (C=O) groups excluding carboxylic acids is 1. The van der Waals surface area contributed by atoms with Crippen molar-refractivity contribution >= 4 is 40.4 Å². The molecule has 0 spiro atoms. The molecule has 1 N–H and O–H groups in total. The van der Waals surface area contributed by atoms with Crippen LogP contribution >= 0.6 is 11.6 Å². The first kappa shape index (κ1) is 14.4. The lowest BCUT2D eigenvalue weighted by molar-refractivity contribution is -0.139. The molecule has 0 saturated carbocycles. The third-order valence-electron chi connectivity index (χ3n) is 3.12. The van der Waals surface area contributed by atoms with Crippen molar-refractivity contribution in [1.82, 2.24) is 4.98 Å². The van der Waals surface area contributed by atoms with Crippen LogP contribution in [0.4, 0.5) is 11.7 Å². The molecule has 0 aliphatic rings. The summed E-state index contributed by atoms with van der Waals surface area (Å²) in [5.74, 6) is -0.293. The molecular weight excluding hydrogens is 304 g/mol. The molecular formula is C16H13ClN2O3. The highest BCUT2D eigenvalue weighted by Gasteiger charge is 2.09. The van der Waals surface area contributed by atoms with Crippen molar-refractivity contribution in [2.75, 3.05) is 12.4 Å². The minimum Gasteiger partial charge on any atom is -0.469 e. The molecule has 1 heterocycles. The van der Waals surface area contributed by atoms with Gasteiger partial charge < -0.3 is 14.5 Å². The van der Waals surface area contributed by atoms with Crippen molar-refractivity contribution < 1.29 is 13.9 Å². The van der Waals surface area contributed by atoms with Crippen LogP contribution in [0.1, 0.15) is 5.56 Å². The van der Waals surface area contributed by atoms with Crippen LogP contribution in [-0.4, -0.2) is 18.1 Å². The summed E-state index contributed by atoms with van der Waals surface area (Å²) in [6.45, 7) is 0. The van der Waals surface area contributed by atoms with Gasteiger partial charge in [-0.15, -0.1) is 0 Å². The highest BCUT2D eigenvalue weighted by molar-refractivity contribution is 6.30. The third-order valence-corrected chi connectivity index (χ3v) is 3.38. The van der Waals surface area contributed by atoms with Crippen LogP contribution in [-0.2, 0) is 16.0 Å². The number of hydrogen-bond donors (Lipinski definition) is 1. The van der Waals surface area contributed by atoms with Gasteiger partial charge in [0.2, 0.25) is 0 Å². The zero-order valence-electron chi connectivity index (χ0n) is 11.8. The lowest BCUT2D eigenvalue weighted by Gasteiger charge is -2.00. The van der Waals surface area contributed by atoms with E-state index >= 15 is 0 Å². The van der Waals surface area contributed by atoms with Gasteiger partial charge in [-0.1, -0.05) is 17.7 Å². The maximum atomic E-state index is 11.3. The molecule has 0 radical (unpaired) electrons. The van der Waals surface area contributed by atoms with Gasteiger partial charge in [-0.05, 0) is 42.0 Å². The largest absolute Gasteiger partial charge is 0.469 e. The molecule has 0 amide bonds. The average molecular weight is 317 g/mol. The molecule has 3 aromatic rings. The van der Waals surface area contributed by atoms with Gasteiger partial charge in [0.25, 0.3) is 6.01 Å².